The molecule has 1 heterocycles. The van der Waals surface area contributed by atoms with Crippen LogP contribution in [0.1, 0.15) is 19.4 Å². The van der Waals surface area contributed by atoms with Gasteiger partial charge in [0.1, 0.15) is 11.8 Å². The maximum absolute atomic E-state index is 12.3. The molecule has 2 N–H and O–H groups in total. The summed E-state index contributed by atoms with van der Waals surface area (Å²) < 4.78 is 5.22. The van der Waals surface area contributed by atoms with E-state index in [1.807, 2.05) is 36.7 Å². The number of nitriles is 1. The van der Waals surface area contributed by atoms with E-state index in [1.54, 1.807) is 0 Å². The lowest BCUT2D eigenvalue weighted by molar-refractivity contribution is -0.127. The molecule has 1 rings (SSSR count). The number of allylic oxidation sites excluding steroid dienone is 1. The number of nitrogens with two attached hydrogens (primary N) is 1. The molecule has 1 amide bonds. The summed E-state index contributed by atoms with van der Waals surface area (Å²) in [5.41, 5.74) is 1.16. The quantitative estimate of drug-likeness (QED) is 0.167. The predicted molar refractivity (Wildman–Crippen MR) is 83.7 cm³/mol. The van der Waals surface area contributed by atoms with Crippen LogP contribution in [0.3, 0.4) is 0 Å². The topological polar surface area (TPSA) is 79.3 Å². The van der Waals surface area contributed by atoms with E-state index in [0.29, 0.717) is 12.1 Å². The van der Waals surface area contributed by atoms with Crippen LogP contribution in [-0.4, -0.2) is 24.6 Å². The lowest BCUT2D eigenvalue weighted by atomic mass is 10.0. The summed E-state index contributed by atoms with van der Waals surface area (Å²) in [6.07, 6.45) is 0. The average molecular weight is 305 g/mol. The molecule has 1 aromatic rings. The van der Waals surface area contributed by atoms with Gasteiger partial charge in [0, 0.05) is 12.1 Å². The van der Waals surface area contributed by atoms with Gasteiger partial charge in [0.25, 0.3) is 5.91 Å². The number of hydrazine groups is 1. The molecule has 21 heavy (non-hydrogen) atoms. The van der Waals surface area contributed by atoms with Gasteiger partial charge in [0.2, 0.25) is 0 Å². The Hall–Kier alpha value is -2.10. The Kier molecular flexibility index (Phi) is 6.15. The maximum atomic E-state index is 12.3. The van der Waals surface area contributed by atoms with E-state index in [9.17, 15) is 10.1 Å². The molecule has 0 unspecified atom stereocenters. The zero-order valence-electron chi connectivity index (χ0n) is 12.4. The van der Waals surface area contributed by atoms with E-state index in [2.05, 4.69) is 6.58 Å². The molecular weight excluding hydrogens is 286 g/mol. The Balaban J connectivity index is 3.16. The lowest BCUT2D eigenvalue weighted by Crippen LogP contribution is -2.41. The van der Waals surface area contributed by atoms with Gasteiger partial charge in [-0.2, -0.15) is 16.6 Å². The zero-order chi connectivity index (χ0) is 16.0. The molecule has 0 saturated carbocycles. The van der Waals surface area contributed by atoms with Gasteiger partial charge < -0.3 is 4.74 Å². The number of methoxy groups -OCH3 is 1. The highest BCUT2D eigenvalue weighted by Gasteiger charge is 2.23. The van der Waals surface area contributed by atoms with E-state index < -0.39 is 5.91 Å². The maximum Gasteiger partial charge on any atom is 0.282 e. The molecule has 0 aliphatic rings. The SMILES string of the molecule is C=C(/C(OC)=C(/C#N)C(=O)N(N)CC(C)C)c1ccsc1. The van der Waals surface area contributed by atoms with Gasteiger partial charge in [-0.25, -0.2) is 5.84 Å². The summed E-state index contributed by atoms with van der Waals surface area (Å²) in [5.74, 6) is 5.50. The smallest absolute Gasteiger partial charge is 0.282 e. The van der Waals surface area contributed by atoms with Crippen molar-refractivity contribution >= 4 is 22.8 Å². The van der Waals surface area contributed by atoms with Gasteiger partial charge in [0.05, 0.1) is 7.11 Å². The molecular formula is C15H19N3O2S. The van der Waals surface area contributed by atoms with Crippen LogP contribution in [0.5, 0.6) is 0 Å². The minimum Gasteiger partial charge on any atom is -0.495 e. The van der Waals surface area contributed by atoms with Crippen LogP contribution in [0.2, 0.25) is 0 Å². The predicted octanol–water partition coefficient (Wildman–Crippen LogP) is 2.54. The van der Waals surface area contributed by atoms with E-state index in [4.69, 9.17) is 10.6 Å². The van der Waals surface area contributed by atoms with Crippen LogP contribution in [-0.2, 0) is 9.53 Å². The van der Waals surface area contributed by atoms with Crippen molar-refractivity contribution in [2.75, 3.05) is 13.7 Å². The zero-order valence-corrected chi connectivity index (χ0v) is 13.2. The molecule has 5 nitrogen and oxygen atoms in total. The minimum atomic E-state index is -0.570. The highest BCUT2D eigenvalue weighted by atomic mass is 32.1. The third kappa shape index (κ3) is 4.18. The third-order valence-corrected chi connectivity index (χ3v) is 3.41. The fourth-order valence-corrected chi connectivity index (χ4v) is 2.43. The summed E-state index contributed by atoms with van der Waals surface area (Å²) in [6.45, 7) is 8.12. The summed E-state index contributed by atoms with van der Waals surface area (Å²) in [6, 6.07) is 3.72. The molecule has 0 bridgehead atoms. The fraction of sp³-hybridized carbons (Fsp3) is 0.333. The van der Waals surface area contributed by atoms with E-state index in [1.165, 1.54) is 18.4 Å². The van der Waals surface area contributed by atoms with E-state index in [0.717, 1.165) is 10.6 Å². The first kappa shape index (κ1) is 17.0. The van der Waals surface area contributed by atoms with Crippen molar-refractivity contribution in [3.8, 4) is 6.07 Å². The van der Waals surface area contributed by atoms with Crippen LogP contribution in [0.15, 0.2) is 34.7 Å². The molecule has 112 valence electrons. The Bertz CT molecular complexity index is 583. The average Bonchev–Trinajstić information content (AvgIpc) is 2.96. The summed E-state index contributed by atoms with van der Waals surface area (Å²) in [5, 5.41) is 14.1. The highest BCUT2D eigenvalue weighted by Crippen LogP contribution is 2.26. The van der Waals surface area contributed by atoms with Gasteiger partial charge in [-0.1, -0.05) is 20.4 Å². The van der Waals surface area contributed by atoms with Crippen molar-refractivity contribution in [2.24, 2.45) is 11.8 Å². The second kappa shape index (κ2) is 7.62. The molecule has 1 aromatic heterocycles. The minimum absolute atomic E-state index is 0.142. The first-order valence-electron chi connectivity index (χ1n) is 6.39. The number of carbonyl (C=O) groups is 1. The third-order valence-electron chi connectivity index (χ3n) is 2.72. The fourth-order valence-electron chi connectivity index (χ4n) is 1.76. The molecule has 0 aliphatic carbocycles. The van der Waals surface area contributed by atoms with E-state index in [-0.39, 0.29) is 17.3 Å². The summed E-state index contributed by atoms with van der Waals surface area (Å²) >= 11 is 1.50. The van der Waals surface area contributed by atoms with Gasteiger partial charge in [0.15, 0.2) is 5.57 Å². The van der Waals surface area contributed by atoms with Crippen molar-refractivity contribution in [1.82, 2.24) is 5.01 Å². The number of thiophene rings is 1. The molecule has 0 spiro atoms. The molecule has 0 radical (unpaired) electrons. The van der Waals surface area contributed by atoms with Gasteiger partial charge in [-0.05, 0) is 28.3 Å². The number of ether oxygens (including phenoxy) is 1. The van der Waals surface area contributed by atoms with Gasteiger partial charge >= 0.3 is 0 Å². The lowest BCUT2D eigenvalue weighted by Gasteiger charge is -2.19. The molecule has 0 atom stereocenters. The van der Waals surface area contributed by atoms with Crippen molar-refractivity contribution in [2.45, 2.75) is 13.8 Å². The monoisotopic (exact) mass is 305 g/mol. The molecule has 0 aromatic carbocycles. The molecule has 0 aliphatic heterocycles. The van der Waals surface area contributed by atoms with Crippen molar-refractivity contribution in [3.63, 3.8) is 0 Å². The number of amides is 1. The molecule has 0 saturated heterocycles. The highest BCUT2D eigenvalue weighted by molar-refractivity contribution is 7.08. The van der Waals surface area contributed by atoms with Crippen molar-refractivity contribution < 1.29 is 9.53 Å². The number of hydrogen-bond acceptors (Lipinski definition) is 5. The molecule has 0 fully saturated rings. The van der Waals surface area contributed by atoms with Gasteiger partial charge in [-0.3, -0.25) is 9.80 Å². The van der Waals surface area contributed by atoms with Crippen molar-refractivity contribution in [3.05, 3.63) is 40.3 Å². The first-order valence-corrected chi connectivity index (χ1v) is 7.33. The number of carbonyl (C=O) groups excluding carboxylic acids is 1. The standard InChI is InChI=1S/C15H19N3O2S/c1-10(2)8-18(17)15(19)13(7-16)14(20-4)11(3)12-5-6-21-9-12/h5-6,9-10H,3,8,17H2,1-2,4H3/b14-13+. The Morgan fingerprint density at radius 1 is 1.62 bits per heavy atom. The Labute approximate surface area is 128 Å². The van der Waals surface area contributed by atoms with Crippen LogP contribution in [0.25, 0.3) is 5.57 Å². The number of rotatable bonds is 6. The first-order chi connectivity index (χ1) is 9.92. The van der Waals surface area contributed by atoms with Gasteiger partial charge in [-0.15, -0.1) is 0 Å². The summed E-state index contributed by atoms with van der Waals surface area (Å²) in [4.78, 5) is 12.3. The normalized spacial score (nSPS) is 11.6. The summed E-state index contributed by atoms with van der Waals surface area (Å²) in [7, 11) is 1.40. The van der Waals surface area contributed by atoms with Crippen molar-refractivity contribution in [1.29, 1.82) is 5.26 Å². The number of nitrogens with zero attached hydrogens (tertiary/aromatic N) is 2. The second-order valence-corrected chi connectivity index (χ2v) is 5.64. The molecule has 6 heteroatoms. The van der Waals surface area contributed by atoms with Crippen LogP contribution < -0.4 is 5.84 Å². The number of hydrogen-bond donors (Lipinski definition) is 1. The second-order valence-electron chi connectivity index (χ2n) is 4.86. The van der Waals surface area contributed by atoms with Crippen LogP contribution in [0.4, 0.5) is 0 Å². The largest absolute Gasteiger partial charge is 0.495 e. The van der Waals surface area contributed by atoms with Crippen LogP contribution in [0, 0.1) is 17.2 Å². The van der Waals surface area contributed by atoms with Crippen LogP contribution >= 0.6 is 11.3 Å². The Morgan fingerprint density at radius 2 is 2.29 bits per heavy atom. The van der Waals surface area contributed by atoms with E-state index >= 15 is 0 Å². The Morgan fingerprint density at radius 3 is 2.71 bits per heavy atom.